The predicted molar refractivity (Wildman–Crippen MR) is 209 cm³/mol. The minimum Gasteiger partial charge on any atom is -0.382 e. The quantitative estimate of drug-likeness (QED) is 0.205. The minimum atomic E-state index is -1.58. The van der Waals surface area contributed by atoms with E-state index in [2.05, 4.69) is 62.4 Å². The highest BCUT2D eigenvalue weighted by Crippen LogP contribution is 2.27. The lowest BCUT2D eigenvalue weighted by Gasteiger charge is -2.11. The van der Waals surface area contributed by atoms with Gasteiger partial charge in [-0.05, 0) is 51.0 Å². The van der Waals surface area contributed by atoms with Crippen LogP contribution in [0.2, 0.25) is 0 Å². The number of hydrogen-bond acceptors (Lipinski definition) is 8. The van der Waals surface area contributed by atoms with Crippen molar-refractivity contribution in [1.82, 2.24) is 28.6 Å². The van der Waals surface area contributed by atoms with Crippen LogP contribution >= 0.6 is 0 Å². The van der Waals surface area contributed by atoms with Gasteiger partial charge in [-0.3, -0.25) is 9.59 Å². The molecule has 4 heterocycles. The number of benzene rings is 2. The Hall–Kier alpha value is -5.98. The second kappa shape index (κ2) is 18.2. The van der Waals surface area contributed by atoms with E-state index in [4.69, 9.17) is 20.2 Å². The van der Waals surface area contributed by atoms with Crippen LogP contribution in [0, 0.1) is 27.7 Å². The Bertz CT molecular complexity index is 2080. The van der Waals surface area contributed by atoms with Crippen LogP contribution in [-0.2, 0) is 32.0 Å². The maximum absolute atomic E-state index is 12.3. The van der Waals surface area contributed by atoms with Gasteiger partial charge >= 0.3 is 0 Å². The molecule has 4 aromatic heterocycles. The third-order valence-electron chi connectivity index (χ3n) is 8.64. The zero-order chi connectivity index (χ0) is 39.7. The monoisotopic (exact) mass is 732 g/mol. The van der Waals surface area contributed by atoms with Crippen LogP contribution in [-0.4, -0.2) is 104 Å². The molecule has 12 nitrogen and oxygen atoms in total. The molecule has 2 atom stereocenters. The smallest absolute Gasteiger partial charge is 0.228 e. The van der Waals surface area contributed by atoms with E-state index >= 15 is 0 Å². The van der Waals surface area contributed by atoms with Crippen molar-refractivity contribution in [3.63, 3.8) is 0 Å². The molecule has 0 saturated heterocycles. The molecule has 2 unspecified atom stereocenters. The summed E-state index contributed by atoms with van der Waals surface area (Å²) in [5, 5.41) is 16.6. The van der Waals surface area contributed by atoms with Gasteiger partial charge in [-0.1, -0.05) is 71.8 Å². The number of aryl methyl sites for hydroxylation is 4. The standard InChI is InChI=1S/2C19H21N3O.C4H6O4/c2*1-13-5-8-15(9-6-13)19-16(11-18(23)21(3)4)22-12-14(2)7-10-17(22)20-19;5-1-3(7)4(8)2-6/h2*5-10,12H,11H2,1-4H3;1-4,7-8H. The summed E-state index contributed by atoms with van der Waals surface area (Å²) in [5.41, 5.74) is 12.2. The Morgan fingerprint density at radius 1 is 0.574 bits per heavy atom. The second-order valence-electron chi connectivity index (χ2n) is 13.6. The molecule has 2 amide bonds. The van der Waals surface area contributed by atoms with Gasteiger partial charge in [0.2, 0.25) is 11.8 Å². The number of carbonyl (C=O) groups excluding carboxylic acids is 4. The average molecular weight is 733 g/mol. The molecule has 0 aliphatic heterocycles. The van der Waals surface area contributed by atoms with Gasteiger partial charge in [0.25, 0.3) is 0 Å². The van der Waals surface area contributed by atoms with Crippen molar-refractivity contribution >= 4 is 35.7 Å². The number of nitrogens with zero attached hydrogens (tertiary/aromatic N) is 6. The van der Waals surface area contributed by atoms with Crippen molar-refractivity contribution in [2.24, 2.45) is 0 Å². The summed E-state index contributed by atoms with van der Waals surface area (Å²) in [6, 6.07) is 24.6. The fourth-order valence-corrected chi connectivity index (χ4v) is 5.39. The molecular weight excluding hydrogens is 684 g/mol. The van der Waals surface area contributed by atoms with Gasteiger partial charge in [0.15, 0.2) is 12.6 Å². The number of carbonyl (C=O) groups is 4. The van der Waals surface area contributed by atoms with Crippen LogP contribution in [0.5, 0.6) is 0 Å². The topological polar surface area (TPSA) is 150 Å². The third kappa shape index (κ3) is 10.1. The van der Waals surface area contributed by atoms with Crippen molar-refractivity contribution in [3.8, 4) is 22.5 Å². The average Bonchev–Trinajstić information content (AvgIpc) is 3.69. The normalized spacial score (nSPS) is 11.8. The summed E-state index contributed by atoms with van der Waals surface area (Å²) in [4.78, 5) is 56.4. The van der Waals surface area contributed by atoms with E-state index in [1.54, 1.807) is 38.0 Å². The van der Waals surface area contributed by atoms with Crippen molar-refractivity contribution in [2.75, 3.05) is 28.2 Å². The molecule has 0 fully saturated rings. The molecule has 6 aromatic rings. The van der Waals surface area contributed by atoms with Crippen LogP contribution in [0.25, 0.3) is 33.8 Å². The molecular formula is C42H48N6O6. The highest BCUT2D eigenvalue weighted by atomic mass is 16.3. The van der Waals surface area contributed by atoms with Crippen molar-refractivity contribution in [2.45, 2.75) is 52.7 Å². The Morgan fingerprint density at radius 3 is 1.19 bits per heavy atom. The highest BCUT2D eigenvalue weighted by Gasteiger charge is 2.19. The van der Waals surface area contributed by atoms with Crippen LogP contribution in [0.3, 0.4) is 0 Å². The van der Waals surface area contributed by atoms with Gasteiger partial charge in [-0.15, -0.1) is 0 Å². The number of aldehydes is 2. The molecule has 54 heavy (non-hydrogen) atoms. The van der Waals surface area contributed by atoms with Crippen molar-refractivity contribution in [3.05, 3.63) is 119 Å². The first-order valence-electron chi connectivity index (χ1n) is 17.4. The summed E-state index contributed by atoms with van der Waals surface area (Å²) in [6.07, 6.45) is 1.79. The lowest BCUT2D eigenvalue weighted by Crippen LogP contribution is -2.27. The molecule has 282 valence electrons. The fraction of sp³-hybridized carbons (Fsp3) is 0.286. The Kier molecular flexibility index (Phi) is 13.7. The maximum Gasteiger partial charge on any atom is 0.228 e. The number of hydrogen-bond donors (Lipinski definition) is 2. The van der Waals surface area contributed by atoms with Crippen molar-refractivity contribution < 1.29 is 29.4 Å². The molecule has 0 aliphatic rings. The van der Waals surface area contributed by atoms with Crippen LogP contribution in [0.1, 0.15) is 33.6 Å². The molecule has 0 aliphatic carbocycles. The molecule has 2 N–H and O–H groups in total. The molecule has 12 heteroatoms. The number of likely N-dealkylation sites (N-methyl/N-ethyl adjacent to an activating group) is 2. The van der Waals surface area contributed by atoms with E-state index in [0.717, 1.165) is 56.3 Å². The number of aromatic nitrogens is 4. The van der Waals surface area contributed by atoms with E-state index in [9.17, 15) is 19.2 Å². The second-order valence-corrected chi connectivity index (χ2v) is 13.6. The Balaban J connectivity index is 0.000000201. The molecule has 0 spiro atoms. The van der Waals surface area contributed by atoms with Gasteiger partial charge in [0.1, 0.15) is 23.5 Å². The molecule has 2 aromatic carbocycles. The maximum atomic E-state index is 12.3. The zero-order valence-corrected chi connectivity index (χ0v) is 32.0. The van der Waals surface area contributed by atoms with Crippen LogP contribution in [0.4, 0.5) is 0 Å². The van der Waals surface area contributed by atoms with Gasteiger partial charge in [0, 0.05) is 51.7 Å². The summed E-state index contributed by atoms with van der Waals surface area (Å²) < 4.78 is 4.07. The molecule has 6 rings (SSSR count). The highest BCUT2D eigenvalue weighted by molar-refractivity contribution is 5.82. The summed E-state index contributed by atoms with van der Waals surface area (Å²) in [5.74, 6) is 0.142. The van der Waals surface area contributed by atoms with E-state index < -0.39 is 12.2 Å². The SMILES string of the molecule is Cc1ccc(-c2nc3ccc(C)cn3c2CC(=O)N(C)C)cc1.Cc1ccc(-c2nc3ccc(C)cn3c2CC(=O)N(C)C)cc1.O=CC(O)C(O)C=O. The van der Waals surface area contributed by atoms with Crippen molar-refractivity contribution in [1.29, 1.82) is 0 Å². The third-order valence-corrected chi connectivity index (χ3v) is 8.64. The number of imidazole rings is 2. The zero-order valence-electron chi connectivity index (χ0n) is 32.0. The number of aliphatic hydroxyl groups excluding tert-OH is 2. The predicted octanol–water partition coefficient (Wildman–Crippen LogP) is 4.60. The largest absolute Gasteiger partial charge is 0.382 e. The van der Waals surface area contributed by atoms with E-state index in [-0.39, 0.29) is 24.4 Å². The van der Waals surface area contributed by atoms with Gasteiger partial charge in [0.05, 0.1) is 35.6 Å². The van der Waals surface area contributed by atoms with Crippen LogP contribution in [0.15, 0.2) is 85.2 Å². The molecule has 0 saturated carbocycles. The summed E-state index contributed by atoms with van der Waals surface area (Å²) in [7, 11) is 7.12. The van der Waals surface area contributed by atoms with E-state index in [1.165, 1.54) is 11.1 Å². The number of rotatable bonds is 9. The molecule has 0 radical (unpaired) electrons. The number of aliphatic hydroxyl groups is 2. The Labute approximate surface area is 315 Å². The first-order chi connectivity index (χ1) is 25.6. The fourth-order valence-electron chi connectivity index (χ4n) is 5.39. The number of fused-ring (bicyclic) bond motifs is 2. The number of pyridine rings is 2. The van der Waals surface area contributed by atoms with Crippen LogP contribution < -0.4 is 0 Å². The van der Waals surface area contributed by atoms with E-state index in [1.807, 2.05) is 59.3 Å². The minimum absolute atomic E-state index is 0.0710. The molecule has 0 bridgehead atoms. The van der Waals surface area contributed by atoms with Gasteiger partial charge < -0.3 is 38.4 Å². The van der Waals surface area contributed by atoms with Gasteiger partial charge in [-0.25, -0.2) is 9.97 Å². The van der Waals surface area contributed by atoms with E-state index in [0.29, 0.717) is 12.8 Å². The number of amides is 2. The first-order valence-corrected chi connectivity index (χ1v) is 17.4. The lowest BCUT2D eigenvalue weighted by molar-refractivity contribution is -0.129. The lowest BCUT2D eigenvalue weighted by atomic mass is 10.1. The van der Waals surface area contributed by atoms with Gasteiger partial charge in [-0.2, -0.15) is 0 Å². The summed E-state index contributed by atoms with van der Waals surface area (Å²) in [6.45, 7) is 8.21. The summed E-state index contributed by atoms with van der Waals surface area (Å²) >= 11 is 0. The Morgan fingerprint density at radius 2 is 0.889 bits per heavy atom. The first kappa shape index (κ1) is 40.8.